The minimum atomic E-state index is 0. The van der Waals surface area contributed by atoms with Crippen molar-refractivity contribution in [3.8, 4) is 0 Å². The highest BCUT2D eigenvalue weighted by atomic mass is 14.7. The first kappa shape index (κ1) is 14.4. The lowest BCUT2D eigenvalue weighted by molar-refractivity contribution is 0.0593. The third-order valence-corrected chi connectivity index (χ3v) is 7.10. The van der Waals surface area contributed by atoms with Crippen LogP contribution in [0.2, 0.25) is 0 Å². The second-order valence-corrected chi connectivity index (χ2v) is 7.36. The Kier molecular flexibility index (Phi) is 3.87. The smallest absolute Gasteiger partial charge is 0.0321 e. The van der Waals surface area contributed by atoms with E-state index in [-0.39, 0.29) is 14.9 Å². The fourth-order valence-electron chi connectivity index (χ4n) is 6.82. The molecule has 18 heavy (non-hydrogen) atoms. The molecule has 0 saturated heterocycles. The van der Waals surface area contributed by atoms with Crippen molar-refractivity contribution in [2.45, 2.75) is 67.2 Å². The van der Waals surface area contributed by atoms with Crippen molar-refractivity contribution < 1.29 is 0 Å². The monoisotopic (exact) mass is 250 g/mol. The van der Waals surface area contributed by atoms with Gasteiger partial charge in [0.15, 0.2) is 0 Å². The van der Waals surface area contributed by atoms with Gasteiger partial charge in [0, 0.05) is 0 Å². The maximum Gasteiger partial charge on any atom is -0.0321 e. The summed E-state index contributed by atoms with van der Waals surface area (Å²) in [7, 11) is 0. The molecule has 0 amide bonds. The van der Waals surface area contributed by atoms with Crippen molar-refractivity contribution in [3.05, 3.63) is 0 Å². The van der Waals surface area contributed by atoms with Crippen LogP contribution in [-0.2, 0) is 0 Å². The van der Waals surface area contributed by atoms with Crippen molar-refractivity contribution in [2.75, 3.05) is 0 Å². The molecule has 8 atom stereocenters. The van der Waals surface area contributed by atoms with Crippen LogP contribution in [0.25, 0.3) is 0 Å². The van der Waals surface area contributed by atoms with E-state index in [1.165, 1.54) is 42.4 Å². The molecule has 4 rings (SSSR count). The van der Waals surface area contributed by atoms with Crippen LogP contribution in [-0.4, -0.2) is 0 Å². The molecule has 8 unspecified atom stereocenters. The molecule has 0 heteroatoms. The maximum absolute atomic E-state index is 2.59. The summed E-state index contributed by atoms with van der Waals surface area (Å²) < 4.78 is 0. The molecular formula is C18H34. The highest BCUT2D eigenvalue weighted by molar-refractivity contribution is 5.12. The normalized spacial score (nSPS) is 55.0. The Labute approximate surface area is 115 Å². The first-order valence-electron chi connectivity index (χ1n) is 7.81. The summed E-state index contributed by atoms with van der Waals surface area (Å²) in [6, 6.07) is 0. The molecule has 0 nitrogen and oxygen atoms in total. The summed E-state index contributed by atoms with van der Waals surface area (Å²) in [4.78, 5) is 0. The van der Waals surface area contributed by atoms with Crippen LogP contribution >= 0.6 is 0 Å². The second kappa shape index (κ2) is 4.84. The van der Waals surface area contributed by atoms with Gasteiger partial charge in [0.2, 0.25) is 0 Å². The Morgan fingerprint density at radius 3 is 2.11 bits per heavy atom. The van der Waals surface area contributed by atoms with E-state index in [0.29, 0.717) is 0 Å². The summed E-state index contributed by atoms with van der Waals surface area (Å²) in [5, 5.41) is 0. The SMILES string of the molecule is C.C.CCCC1C(C)C2CC1C1C3CCC(C3)C21. The van der Waals surface area contributed by atoms with E-state index < -0.39 is 0 Å². The lowest BCUT2D eigenvalue weighted by Gasteiger charge is -2.42. The van der Waals surface area contributed by atoms with E-state index >= 15 is 0 Å². The van der Waals surface area contributed by atoms with Gasteiger partial charge in [0.25, 0.3) is 0 Å². The summed E-state index contributed by atoms with van der Waals surface area (Å²) in [6.07, 6.45) is 9.41. The molecule has 106 valence electrons. The van der Waals surface area contributed by atoms with Crippen molar-refractivity contribution in [1.29, 1.82) is 0 Å². The second-order valence-electron chi connectivity index (χ2n) is 7.36. The van der Waals surface area contributed by atoms with E-state index in [1.807, 2.05) is 0 Å². The number of fused-ring (bicyclic) bond motifs is 9. The molecule has 4 fully saturated rings. The maximum atomic E-state index is 2.59. The molecule has 0 N–H and O–H groups in total. The molecule has 4 saturated carbocycles. The van der Waals surface area contributed by atoms with Crippen LogP contribution in [0.3, 0.4) is 0 Å². The van der Waals surface area contributed by atoms with Gasteiger partial charge >= 0.3 is 0 Å². The summed E-state index contributed by atoms with van der Waals surface area (Å²) in [5.41, 5.74) is 0. The third kappa shape index (κ3) is 1.56. The molecule has 0 aromatic carbocycles. The first-order valence-corrected chi connectivity index (χ1v) is 7.81. The van der Waals surface area contributed by atoms with Gasteiger partial charge in [-0.25, -0.2) is 0 Å². The van der Waals surface area contributed by atoms with E-state index in [4.69, 9.17) is 0 Å². The molecule has 4 aliphatic rings. The van der Waals surface area contributed by atoms with Crippen molar-refractivity contribution in [3.63, 3.8) is 0 Å². The van der Waals surface area contributed by atoms with Crippen LogP contribution in [0.4, 0.5) is 0 Å². The zero-order valence-corrected chi connectivity index (χ0v) is 10.9. The van der Waals surface area contributed by atoms with Crippen LogP contribution in [0, 0.1) is 47.3 Å². The van der Waals surface area contributed by atoms with Crippen LogP contribution < -0.4 is 0 Å². The number of hydrogen-bond donors (Lipinski definition) is 0. The van der Waals surface area contributed by atoms with Crippen LogP contribution in [0.1, 0.15) is 67.2 Å². The molecule has 4 aliphatic carbocycles. The van der Waals surface area contributed by atoms with E-state index in [9.17, 15) is 0 Å². The third-order valence-electron chi connectivity index (χ3n) is 7.10. The Morgan fingerprint density at radius 1 is 0.889 bits per heavy atom. The fourth-order valence-corrected chi connectivity index (χ4v) is 6.82. The minimum Gasteiger partial charge on any atom is -0.0776 e. The van der Waals surface area contributed by atoms with Crippen molar-refractivity contribution in [1.82, 2.24) is 0 Å². The Morgan fingerprint density at radius 2 is 1.50 bits per heavy atom. The molecule has 0 spiro atoms. The number of hydrogen-bond acceptors (Lipinski definition) is 0. The van der Waals surface area contributed by atoms with E-state index in [1.54, 1.807) is 25.7 Å². The summed E-state index contributed by atoms with van der Waals surface area (Å²) in [5.74, 6) is 9.28. The first-order chi connectivity index (χ1) is 7.81. The van der Waals surface area contributed by atoms with Gasteiger partial charge in [0.1, 0.15) is 0 Å². The average Bonchev–Trinajstić information content (AvgIpc) is 2.97. The molecule has 0 aromatic heterocycles. The molecule has 0 radical (unpaired) electrons. The van der Waals surface area contributed by atoms with Gasteiger partial charge < -0.3 is 0 Å². The van der Waals surface area contributed by atoms with Gasteiger partial charge in [-0.15, -0.1) is 0 Å². The Bertz CT molecular complexity index is 294. The van der Waals surface area contributed by atoms with Crippen LogP contribution in [0.5, 0.6) is 0 Å². The zero-order valence-electron chi connectivity index (χ0n) is 10.9. The van der Waals surface area contributed by atoms with Gasteiger partial charge in [-0.1, -0.05) is 41.5 Å². The molecule has 0 aliphatic heterocycles. The molecule has 4 bridgehead atoms. The highest BCUT2D eigenvalue weighted by Gasteiger charge is 2.63. The molecule has 0 heterocycles. The quantitative estimate of drug-likeness (QED) is 0.558. The largest absolute Gasteiger partial charge is 0.0776 e. The lowest BCUT2D eigenvalue weighted by Crippen LogP contribution is -2.37. The number of rotatable bonds is 2. The van der Waals surface area contributed by atoms with Crippen molar-refractivity contribution in [2.24, 2.45) is 47.3 Å². The van der Waals surface area contributed by atoms with Gasteiger partial charge in [0.05, 0.1) is 0 Å². The Hall–Kier alpha value is 0. The van der Waals surface area contributed by atoms with E-state index in [2.05, 4.69) is 13.8 Å². The Balaban J connectivity index is 0.000000602. The molecular weight excluding hydrogens is 216 g/mol. The fraction of sp³-hybridized carbons (Fsp3) is 1.00. The van der Waals surface area contributed by atoms with Gasteiger partial charge in [-0.3, -0.25) is 0 Å². The van der Waals surface area contributed by atoms with Crippen molar-refractivity contribution >= 4 is 0 Å². The summed E-state index contributed by atoms with van der Waals surface area (Å²) >= 11 is 0. The standard InChI is InChI=1S/C16H26.2CH4/c1-3-4-12-9(2)13-8-14(12)16-11-6-5-10(7-11)15(13)16;;/h9-16H,3-8H2,1-2H3;2*1H4. The highest BCUT2D eigenvalue weighted by Crippen LogP contribution is 2.70. The molecule has 0 aromatic rings. The van der Waals surface area contributed by atoms with Gasteiger partial charge in [-0.05, 0) is 73.0 Å². The van der Waals surface area contributed by atoms with Gasteiger partial charge in [-0.2, -0.15) is 0 Å². The predicted octanol–water partition coefficient (Wildman–Crippen LogP) is 5.62. The van der Waals surface area contributed by atoms with E-state index in [0.717, 1.165) is 17.8 Å². The average molecular weight is 250 g/mol. The topological polar surface area (TPSA) is 0 Å². The zero-order chi connectivity index (χ0) is 10.9. The lowest BCUT2D eigenvalue weighted by atomic mass is 9.63. The van der Waals surface area contributed by atoms with Crippen LogP contribution in [0.15, 0.2) is 0 Å². The predicted molar refractivity (Wildman–Crippen MR) is 80.4 cm³/mol. The minimum absolute atomic E-state index is 0. The summed E-state index contributed by atoms with van der Waals surface area (Å²) in [6.45, 7) is 4.98.